The van der Waals surface area contributed by atoms with Gasteiger partial charge >= 0.3 is 376 Å². The normalized spacial score (nSPS) is 15.9. The summed E-state index contributed by atoms with van der Waals surface area (Å²) in [6.07, 6.45) is 4.72. The first-order chi connectivity index (χ1) is 29.9. The van der Waals surface area contributed by atoms with E-state index in [1.165, 1.54) is 77.9 Å². The maximum absolute atomic E-state index is 9.01. The molecule has 2 heterocycles. The Kier molecular flexibility index (Phi) is 10.4. The molecular weight excluding hydrogens is 895 g/mol. The van der Waals surface area contributed by atoms with E-state index in [2.05, 4.69) is 197 Å². The molecular formula is C56H48Cl2O2SiZr. The van der Waals surface area contributed by atoms with E-state index in [4.69, 9.17) is 25.9 Å². The van der Waals surface area contributed by atoms with E-state index >= 15 is 0 Å². The number of rotatable bonds is 8. The third kappa shape index (κ3) is 6.69. The monoisotopic (exact) mass is 940 g/mol. The number of aryl methyl sites for hydroxylation is 4. The number of fused-ring (bicyclic) bond motifs is 2. The summed E-state index contributed by atoms with van der Waals surface area (Å²) in [4.78, 5) is 0. The third-order valence-corrected chi connectivity index (χ3v) is 59.7. The van der Waals surface area contributed by atoms with E-state index in [0.717, 1.165) is 34.2 Å². The van der Waals surface area contributed by atoms with Gasteiger partial charge in [0.2, 0.25) is 0 Å². The van der Waals surface area contributed by atoms with Crippen molar-refractivity contribution in [2.75, 3.05) is 0 Å². The number of furan rings is 2. The first-order valence-corrected chi connectivity index (χ1v) is 36.8. The Hall–Kier alpha value is -4.96. The van der Waals surface area contributed by atoms with Crippen molar-refractivity contribution in [3.63, 3.8) is 0 Å². The standard InChI is InChI=1S/2C27H21O.C2H6Si.2ClH.Zr/c2*1-18-8-10-23-16-24(26-15-9-19(2)28-26)17-25(23)27(18)22-13-11-21(12-14-22)20-6-4-3-5-7-20;1-3-2;;;/h2*3-17H,1-2H3;1-2H3;2*1H;/q;;;;;+2/p-2. The van der Waals surface area contributed by atoms with Crippen LogP contribution in [0.2, 0.25) is 13.1 Å². The summed E-state index contributed by atoms with van der Waals surface area (Å²) in [6, 6.07) is 56.6. The third-order valence-electron chi connectivity index (χ3n) is 13.4. The Morgan fingerprint density at radius 2 is 0.774 bits per heavy atom. The predicted octanol–water partition coefficient (Wildman–Crippen LogP) is 16.9. The minimum absolute atomic E-state index is 0.252. The summed E-state index contributed by atoms with van der Waals surface area (Å²) < 4.78 is 12.7. The number of allylic oxidation sites excluding steroid dienone is 2. The van der Waals surface area contributed by atoms with E-state index < -0.39 is 20.4 Å². The van der Waals surface area contributed by atoms with Crippen LogP contribution < -0.4 is 0 Å². The van der Waals surface area contributed by atoms with Gasteiger partial charge in [-0.1, -0.05) is 0 Å². The van der Waals surface area contributed by atoms with Gasteiger partial charge in [-0.2, -0.15) is 0 Å². The summed E-state index contributed by atoms with van der Waals surface area (Å²) in [6.45, 7) is 13.2. The van der Waals surface area contributed by atoms with E-state index in [1.54, 1.807) is 0 Å². The quantitative estimate of drug-likeness (QED) is 0.142. The molecule has 306 valence electrons. The topological polar surface area (TPSA) is 26.3 Å². The molecule has 2 nitrogen and oxygen atoms in total. The van der Waals surface area contributed by atoms with Gasteiger partial charge in [0.15, 0.2) is 0 Å². The van der Waals surface area contributed by atoms with Crippen LogP contribution in [0.3, 0.4) is 0 Å². The van der Waals surface area contributed by atoms with Gasteiger partial charge in [0, 0.05) is 0 Å². The van der Waals surface area contributed by atoms with Crippen molar-refractivity contribution in [1.29, 1.82) is 0 Å². The van der Waals surface area contributed by atoms with E-state index in [9.17, 15) is 0 Å². The molecule has 0 N–H and O–H groups in total. The van der Waals surface area contributed by atoms with Gasteiger partial charge in [-0.15, -0.1) is 0 Å². The Morgan fingerprint density at radius 1 is 0.419 bits per heavy atom. The average molecular weight is 943 g/mol. The summed E-state index contributed by atoms with van der Waals surface area (Å²) in [5.41, 5.74) is 17.4. The van der Waals surface area contributed by atoms with Crippen LogP contribution in [-0.2, 0) is 15.0 Å². The molecule has 0 spiro atoms. The Labute approximate surface area is 373 Å². The molecule has 2 aliphatic rings. The van der Waals surface area contributed by atoms with Crippen molar-refractivity contribution >= 4 is 45.8 Å². The number of benzene rings is 6. The average Bonchev–Trinajstić information content (AvgIpc) is 4.10. The Balaban J connectivity index is 1.20. The molecule has 10 rings (SSSR count). The zero-order valence-electron chi connectivity index (χ0n) is 35.9. The molecule has 2 atom stereocenters. The molecule has 0 amide bonds. The molecule has 2 aromatic heterocycles. The van der Waals surface area contributed by atoms with Gasteiger partial charge in [0.1, 0.15) is 0 Å². The van der Waals surface area contributed by atoms with Gasteiger partial charge in [-0.3, -0.25) is 0 Å². The van der Waals surface area contributed by atoms with E-state index in [1.807, 2.05) is 13.8 Å². The molecule has 2 aliphatic carbocycles. The van der Waals surface area contributed by atoms with Crippen LogP contribution >= 0.6 is 17.0 Å². The predicted molar refractivity (Wildman–Crippen MR) is 261 cm³/mol. The molecule has 0 saturated carbocycles. The van der Waals surface area contributed by atoms with Crippen LogP contribution in [0.5, 0.6) is 0 Å². The van der Waals surface area contributed by atoms with Gasteiger partial charge < -0.3 is 0 Å². The summed E-state index contributed by atoms with van der Waals surface area (Å²) in [5, 5.41) is 0. The number of hydrogen-bond donors (Lipinski definition) is 0. The summed E-state index contributed by atoms with van der Waals surface area (Å²) in [7, 11) is 18.0. The summed E-state index contributed by atoms with van der Waals surface area (Å²) >= 11 is -5.44. The summed E-state index contributed by atoms with van der Waals surface area (Å²) in [5.74, 6) is 3.38. The molecule has 62 heavy (non-hydrogen) atoms. The molecule has 0 saturated heterocycles. The second-order valence-corrected chi connectivity index (χ2v) is 56.2. The molecule has 2 unspecified atom stereocenters. The molecule has 0 fully saturated rings. The van der Waals surface area contributed by atoms with Crippen molar-refractivity contribution in [2.24, 2.45) is 0 Å². The molecule has 0 bridgehead atoms. The Bertz CT molecular complexity index is 2970. The van der Waals surface area contributed by atoms with Gasteiger partial charge in [0.05, 0.1) is 0 Å². The van der Waals surface area contributed by atoms with Gasteiger partial charge in [0.25, 0.3) is 0 Å². The van der Waals surface area contributed by atoms with Crippen molar-refractivity contribution < 1.29 is 23.8 Å². The van der Waals surface area contributed by atoms with E-state index in [-0.39, 0.29) is 7.25 Å². The maximum atomic E-state index is 9.01. The molecule has 6 heteroatoms. The van der Waals surface area contributed by atoms with Crippen LogP contribution in [0.1, 0.15) is 63.7 Å². The van der Waals surface area contributed by atoms with Crippen molar-refractivity contribution in [2.45, 2.75) is 48.0 Å². The zero-order valence-corrected chi connectivity index (χ0v) is 40.9. The van der Waals surface area contributed by atoms with Crippen LogP contribution in [0.25, 0.3) is 67.8 Å². The second-order valence-electron chi connectivity index (χ2n) is 17.4. The van der Waals surface area contributed by atoms with Crippen molar-refractivity contribution in [3.05, 3.63) is 214 Å². The fourth-order valence-corrected chi connectivity index (χ4v) is 38.0. The first-order valence-electron chi connectivity index (χ1n) is 21.4. The SMILES string of the molecule is Cc1ccc(C2=Cc3c(ccc(C)c3-c3ccc(-c4ccccc4)cc3)[CH]2[Zr]([Cl])([Cl])([CH]2C(c3ccc(C)o3)=Cc3c2ccc(C)c3-c2ccc(-c3ccccc3)cc2)=[Si](C)C)o1. The van der Waals surface area contributed by atoms with Crippen LogP contribution in [0.4, 0.5) is 0 Å². The molecule has 0 radical (unpaired) electrons. The van der Waals surface area contributed by atoms with Gasteiger partial charge in [-0.25, -0.2) is 0 Å². The van der Waals surface area contributed by atoms with Gasteiger partial charge in [-0.05, 0) is 0 Å². The van der Waals surface area contributed by atoms with Crippen molar-refractivity contribution in [3.8, 4) is 44.5 Å². The van der Waals surface area contributed by atoms with Crippen LogP contribution in [0, 0.1) is 27.7 Å². The van der Waals surface area contributed by atoms with Crippen molar-refractivity contribution in [1.82, 2.24) is 0 Å². The van der Waals surface area contributed by atoms with Crippen LogP contribution in [-0.4, -0.2) is 5.43 Å². The molecule has 0 aliphatic heterocycles. The zero-order chi connectivity index (χ0) is 42.9. The second kappa shape index (κ2) is 15.7. The van der Waals surface area contributed by atoms with E-state index in [0.29, 0.717) is 0 Å². The fraction of sp³-hybridized carbons (Fsp3) is 0.143. The van der Waals surface area contributed by atoms with Crippen LogP contribution in [0.15, 0.2) is 167 Å². The molecule has 6 aromatic carbocycles. The fourth-order valence-electron chi connectivity index (χ4n) is 10.3. The Morgan fingerprint density at radius 3 is 1.11 bits per heavy atom. The molecule has 8 aromatic rings. The number of hydrogen-bond acceptors (Lipinski definition) is 2. The minimum atomic E-state index is -5.44. The first kappa shape index (κ1) is 41.1. The number of halogens is 2.